The Morgan fingerprint density at radius 3 is 1.83 bits per heavy atom. The number of carboxylic acids is 2. The molecule has 0 aliphatic heterocycles. The fraction of sp³-hybridized carbons (Fsp3) is 0.706. The second-order valence-electron chi connectivity index (χ2n) is 6.88. The van der Waals surface area contributed by atoms with Crippen molar-refractivity contribution in [2.45, 2.75) is 63.9 Å². The molecule has 13 heteroatoms. The Balaban J connectivity index is 5.22. The molecular weight excluding hydrogens is 404 g/mol. The van der Waals surface area contributed by atoms with Crippen molar-refractivity contribution < 1.29 is 44.4 Å². The molecule has 0 rings (SSSR count). The molecule has 0 bridgehead atoms. The molecule has 0 aliphatic carbocycles. The van der Waals surface area contributed by atoms with Gasteiger partial charge in [-0.05, 0) is 12.8 Å². The van der Waals surface area contributed by atoms with E-state index in [2.05, 4.69) is 10.6 Å². The monoisotopic (exact) mass is 434 g/mol. The smallest absolute Gasteiger partial charge is 0.326 e. The van der Waals surface area contributed by atoms with Crippen LogP contribution in [0.1, 0.15) is 33.6 Å². The van der Waals surface area contributed by atoms with E-state index < -0.39 is 73.0 Å². The number of carboxylic acid groups (broad SMARTS) is 2. The molecule has 0 radical (unpaired) electrons. The highest BCUT2D eigenvalue weighted by atomic mass is 16.4. The summed E-state index contributed by atoms with van der Waals surface area (Å²) in [5.41, 5.74) is 5.79. The molecule has 30 heavy (non-hydrogen) atoms. The number of aliphatic hydroxyl groups is 2. The molecule has 13 nitrogen and oxygen atoms in total. The van der Waals surface area contributed by atoms with Crippen molar-refractivity contribution in [3.63, 3.8) is 0 Å². The third-order valence-electron chi connectivity index (χ3n) is 4.43. The van der Waals surface area contributed by atoms with Gasteiger partial charge >= 0.3 is 11.9 Å². The van der Waals surface area contributed by atoms with E-state index in [9.17, 15) is 34.2 Å². The lowest BCUT2D eigenvalue weighted by atomic mass is 9.98. The number of aliphatic carboxylic acids is 2. The van der Waals surface area contributed by atoms with Crippen LogP contribution in [-0.2, 0) is 24.0 Å². The zero-order chi connectivity index (χ0) is 23.6. The number of aliphatic hydroxyl groups excluding tert-OH is 2. The van der Waals surface area contributed by atoms with Crippen LogP contribution >= 0.6 is 0 Å². The van der Waals surface area contributed by atoms with E-state index in [1.165, 1.54) is 6.92 Å². The van der Waals surface area contributed by atoms with Gasteiger partial charge < -0.3 is 42.1 Å². The number of nitrogens with one attached hydrogen (secondary N) is 3. The molecular formula is C17H30N4O9. The summed E-state index contributed by atoms with van der Waals surface area (Å²) in [6.45, 7) is 3.80. The fourth-order valence-corrected chi connectivity index (χ4v) is 2.27. The first-order valence-corrected chi connectivity index (χ1v) is 9.25. The van der Waals surface area contributed by atoms with Crippen molar-refractivity contribution >= 4 is 29.7 Å². The molecule has 0 aliphatic rings. The van der Waals surface area contributed by atoms with Gasteiger partial charge in [0.1, 0.15) is 18.1 Å². The molecule has 6 unspecified atom stereocenters. The van der Waals surface area contributed by atoms with Gasteiger partial charge in [-0.3, -0.25) is 19.2 Å². The van der Waals surface area contributed by atoms with Crippen LogP contribution in [0.15, 0.2) is 0 Å². The normalized spacial score (nSPS) is 16.9. The van der Waals surface area contributed by atoms with Gasteiger partial charge in [-0.2, -0.15) is 0 Å². The van der Waals surface area contributed by atoms with Gasteiger partial charge in [-0.25, -0.2) is 4.79 Å². The van der Waals surface area contributed by atoms with Crippen LogP contribution in [0.2, 0.25) is 0 Å². The standard InChI is InChI=1S/C17H30N4O9/c1-4-7(2)12(18)15(27)21-13(8(3)23)16(28)20-10(6-22)14(26)19-9(17(29)30)5-11(24)25/h7-10,12-13,22-23H,4-6,18H2,1-3H3,(H,19,26)(H,20,28)(H,21,27)(H,24,25)(H,29,30). The molecule has 0 saturated carbocycles. The Hall–Kier alpha value is -2.77. The summed E-state index contributed by atoms with van der Waals surface area (Å²) in [6.07, 6.45) is -1.72. The Kier molecular flexibility index (Phi) is 11.5. The van der Waals surface area contributed by atoms with E-state index in [1.54, 1.807) is 6.92 Å². The van der Waals surface area contributed by atoms with E-state index in [0.717, 1.165) is 0 Å². The summed E-state index contributed by atoms with van der Waals surface area (Å²) in [4.78, 5) is 58.5. The lowest BCUT2D eigenvalue weighted by Gasteiger charge is -2.26. The zero-order valence-electron chi connectivity index (χ0n) is 17.0. The number of carbonyl (C=O) groups excluding carboxylic acids is 3. The van der Waals surface area contributed by atoms with E-state index in [1.807, 2.05) is 12.2 Å². The molecule has 0 saturated heterocycles. The van der Waals surface area contributed by atoms with Crippen molar-refractivity contribution in [2.75, 3.05) is 6.61 Å². The van der Waals surface area contributed by atoms with Crippen LogP contribution in [0.5, 0.6) is 0 Å². The summed E-state index contributed by atoms with van der Waals surface area (Å²) >= 11 is 0. The first-order valence-electron chi connectivity index (χ1n) is 9.25. The highest BCUT2D eigenvalue weighted by Gasteiger charge is 2.33. The summed E-state index contributed by atoms with van der Waals surface area (Å²) in [6, 6.07) is -5.91. The SMILES string of the molecule is CCC(C)C(N)C(=O)NC(C(=O)NC(CO)C(=O)NC(CC(=O)O)C(=O)O)C(C)O. The number of carbonyl (C=O) groups is 5. The number of hydrogen-bond acceptors (Lipinski definition) is 8. The Bertz CT molecular complexity index is 641. The average molecular weight is 434 g/mol. The number of nitrogens with two attached hydrogens (primary N) is 1. The summed E-state index contributed by atoms with van der Waals surface area (Å²) in [5.74, 6) is -6.21. The van der Waals surface area contributed by atoms with Gasteiger partial charge in [-0.1, -0.05) is 20.3 Å². The summed E-state index contributed by atoms with van der Waals surface area (Å²) in [7, 11) is 0. The van der Waals surface area contributed by atoms with Gasteiger partial charge in [0.2, 0.25) is 17.7 Å². The van der Waals surface area contributed by atoms with Crippen molar-refractivity contribution in [3.8, 4) is 0 Å². The quantitative estimate of drug-likeness (QED) is 0.144. The van der Waals surface area contributed by atoms with E-state index in [0.29, 0.717) is 6.42 Å². The molecule has 0 fully saturated rings. The van der Waals surface area contributed by atoms with Crippen LogP contribution in [0, 0.1) is 5.92 Å². The van der Waals surface area contributed by atoms with Gasteiger partial charge in [0, 0.05) is 0 Å². The second-order valence-corrected chi connectivity index (χ2v) is 6.88. The van der Waals surface area contributed by atoms with E-state index in [-0.39, 0.29) is 5.92 Å². The predicted molar refractivity (Wildman–Crippen MR) is 102 cm³/mol. The lowest BCUT2D eigenvalue weighted by molar-refractivity contribution is -0.147. The number of amides is 3. The maximum Gasteiger partial charge on any atom is 0.326 e. The van der Waals surface area contributed by atoms with Crippen LogP contribution < -0.4 is 21.7 Å². The second kappa shape index (κ2) is 12.7. The minimum absolute atomic E-state index is 0.208. The van der Waals surface area contributed by atoms with Crippen molar-refractivity contribution in [1.29, 1.82) is 0 Å². The maximum atomic E-state index is 12.4. The number of hydrogen-bond donors (Lipinski definition) is 8. The van der Waals surface area contributed by atoms with Crippen LogP contribution in [-0.4, -0.2) is 87.0 Å². The molecule has 3 amide bonds. The van der Waals surface area contributed by atoms with Gasteiger partial charge in [0.05, 0.1) is 25.2 Å². The van der Waals surface area contributed by atoms with Crippen molar-refractivity contribution in [1.82, 2.24) is 16.0 Å². The van der Waals surface area contributed by atoms with E-state index in [4.69, 9.17) is 15.9 Å². The third kappa shape index (κ3) is 8.71. The van der Waals surface area contributed by atoms with Crippen LogP contribution in [0.25, 0.3) is 0 Å². The predicted octanol–water partition coefficient (Wildman–Crippen LogP) is -3.25. The largest absolute Gasteiger partial charge is 0.481 e. The molecule has 0 aromatic rings. The molecule has 0 aromatic carbocycles. The highest BCUT2D eigenvalue weighted by Crippen LogP contribution is 2.06. The topological polar surface area (TPSA) is 228 Å². The molecule has 172 valence electrons. The first-order chi connectivity index (χ1) is 13.8. The number of rotatable bonds is 13. The summed E-state index contributed by atoms with van der Waals surface area (Å²) in [5, 5.41) is 43.1. The van der Waals surface area contributed by atoms with Gasteiger partial charge in [-0.15, -0.1) is 0 Å². The maximum absolute atomic E-state index is 12.4. The van der Waals surface area contributed by atoms with Crippen LogP contribution in [0.4, 0.5) is 0 Å². The van der Waals surface area contributed by atoms with Crippen LogP contribution in [0.3, 0.4) is 0 Å². The van der Waals surface area contributed by atoms with Gasteiger partial charge in [0.25, 0.3) is 0 Å². The summed E-state index contributed by atoms with van der Waals surface area (Å²) < 4.78 is 0. The molecule has 0 spiro atoms. The molecule has 0 aromatic heterocycles. The minimum Gasteiger partial charge on any atom is -0.481 e. The lowest BCUT2D eigenvalue weighted by Crippen LogP contribution is -2.61. The van der Waals surface area contributed by atoms with Gasteiger partial charge in [0.15, 0.2) is 0 Å². The van der Waals surface area contributed by atoms with Crippen molar-refractivity contribution in [2.24, 2.45) is 11.7 Å². The first kappa shape index (κ1) is 27.2. The third-order valence-corrected chi connectivity index (χ3v) is 4.43. The fourth-order valence-electron chi connectivity index (χ4n) is 2.27. The highest BCUT2D eigenvalue weighted by molar-refractivity contribution is 5.95. The molecule has 9 N–H and O–H groups in total. The average Bonchev–Trinajstić information content (AvgIpc) is 2.66. The Labute approximate surface area is 173 Å². The van der Waals surface area contributed by atoms with Crippen molar-refractivity contribution in [3.05, 3.63) is 0 Å². The van der Waals surface area contributed by atoms with E-state index >= 15 is 0 Å². The minimum atomic E-state index is -1.79. The Morgan fingerprint density at radius 2 is 1.43 bits per heavy atom. The molecule has 0 heterocycles. The Morgan fingerprint density at radius 1 is 0.900 bits per heavy atom. The zero-order valence-corrected chi connectivity index (χ0v) is 17.0. The molecule has 6 atom stereocenters.